The third-order valence-corrected chi connectivity index (χ3v) is 7.58. The molecule has 11 heteroatoms. The van der Waals surface area contributed by atoms with Gasteiger partial charge in [-0.25, -0.2) is 0 Å². The first-order valence-electron chi connectivity index (χ1n) is 12.1. The van der Waals surface area contributed by atoms with Crippen molar-refractivity contribution in [1.29, 1.82) is 0 Å². The molecule has 4 rings (SSSR count). The van der Waals surface area contributed by atoms with Crippen LogP contribution in [0.15, 0.2) is 77.7 Å². The molecule has 3 atom stereocenters. The number of hydrogen-bond donors (Lipinski definition) is 3. The maximum atomic E-state index is 12.0. The van der Waals surface area contributed by atoms with Crippen LogP contribution in [0.2, 0.25) is 0 Å². The molecule has 3 aromatic carbocycles. The van der Waals surface area contributed by atoms with E-state index in [1.54, 1.807) is 36.0 Å². The molecule has 0 spiro atoms. The van der Waals surface area contributed by atoms with Crippen LogP contribution >= 0.6 is 46.6 Å². The van der Waals surface area contributed by atoms with Crippen LogP contribution in [0.5, 0.6) is 0 Å². The number of aliphatic hydroxyl groups is 1. The van der Waals surface area contributed by atoms with Gasteiger partial charge < -0.3 is 25.2 Å². The minimum atomic E-state index is -2.07. The van der Waals surface area contributed by atoms with E-state index in [-0.39, 0.29) is 24.7 Å². The summed E-state index contributed by atoms with van der Waals surface area (Å²) in [6.07, 6.45) is -0.362. The number of carbonyl (C=O) groups excluding carboxylic acids is 2. The Balaban J connectivity index is 1.48. The third-order valence-electron chi connectivity index (χ3n) is 5.92. The summed E-state index contributed by atoms with van der Waals surface area (Å²) in [5, 5.41) is 14.7. The molecule has 1 aliphatic heterocycles. The minimum Gasteiger partial charge on any atom is -0.392 e. The number of nitrogens with one attached hydrogen (secondary N) is 2. The van der Waals surface area contributed by atoms with Crippen LogP contribution in [-0.2, 0) is 25.7 Å². The molecule has 3 unspecified atom stereocenters. The second kappa shape index (κ2) is 13.4. The van der Waals surface area contributed by atoms with Crippen molar-refractivity contribution in [2.75, 3.05) is 16.4 Å². The van der Waals surface area contributed by atoms with Crippen molar-refractivity contribution in [3.63, 3.8) is 0 Å². The van der Waals surface area contributed by atoms with Gasteiger partial charge >= 0.3 is 0 Å². The molecule has 3 N–H and O–H groups in total. The summed E-state index contributed by atoms with van der Waals surface area (Å²) < 4.78 is 10.6. The monoisotopic (exact) mass is 608 g/mol. The topological polar surface area (TPSA) is 96.9 Å². The van der Waals surface area contributed by atoms with E-state index in [1.165, 1.54) is 6.92 Å². The normalized spacial score (nSPS) is 19.4. The fourth-order valence-corrected chi connectivity index (χ4v) is 5.04. The van der Waals surface area contributed by atoms with E-state index >= 15 is 0 Å². The molecule has 0 bridgehead atoms. The highest BCUT2D eigenvalue weighted by molar-refractivity contribution is 7.99. The van der Waals surface area contributed by atoms with Crippen molar-refractivity contribution < 1.29 is 24.2 Å². The summed E-state index contributed by atoms with van der Waals surface area (Å²) in [6, 6.07) is 22.3. The van der Waals surface area contributed by atoms with E-state index in [9.17, 15) is 14.7 Å². The summed E-state index contributed by atoms with van der Waals surface area (Å²) in [7, 11) is 0. The summed E-state index contributed by atoms with van der Waals surface area (Å²) in [5.74, 6) is -0.183. The average Bonchev–Trinajstić information content (AvgIpc) is 2.92. The summed E-state index contributed by atoms with van der Waals surface area (Å²) in [6.45, 7) is 1.45. The van der Waals surface area contributed by atoms with Gasteiger partial charge in [-0.3, -0.25) is 9.59 Å². The lowest BCUT2D eigenvalue weighted by molar-refractivity contribution is -0.245. The van der Waals surface area contributed by atoms with Crippen LogP contribution < -0.4 is 10.6 Å². The number of hydrogen-bond acceptors (Lipinski definition) is 6. The van der Waals surface area contributed by atoms with Crippen LogP contribution in [0.3, 0.4) is 0 Å². The molecule has 1 aliphatic rings. The number of rotatable bonds is 8. The Bertz CT molecular complexity index is 1270. The lowest BCUT2D eigenvalue weighted by atomic mass is 10.0. The molecule has 39 heavy (non-hydrogen) atoms. The van der Waals surface area contributed by atoms with Gasteiger partial charge in [0.1, 0.15) is 0 Å². The van der Waals surface area contributed by atoms with Crippen LogP contribution in [0.25, 0.3) is 0 Å². The zero-order chi connectivity index (χ0) is 28.0. The van der Waals surface area contributed by atoms with Gasteiger partial charge in [0, 0.05) is 40.9 Å². The van der Waals surface area contributed by atoms with Crippen LogP contribution in [0.4, 0.5) is 11.4 Å². The van der Waals surface area contributed by atoms with Crippen molar-refractivity contribution in [3.8, 4) is 0 Å². The summed E-state index contributed by atoms with van der Waals surface area (Å²) in [5.41, 5.74) is 3.80. The number of thioether (sulfide) groups is 1. The zero-order valence-electron chi connectivity index (χ0n) is 20.9. The molecule has 7 nitrogen and oxygen atoms in total. The number of amides is 2. The smallest absolute Gasteiger partial charge is 0.276 e. The third kappa shape index (κ3) is 8.59. The number of ether oxygens (including phenoxy) is 2. The fraction of sp³-hybridized carbons (Fsp3) is 0.286. The largest absolute Gasteiger partial charge is 0.392 e. The van der Waals surface area contributed by atoms with E-state index in [4.69, 9.17) is 44.3 Å². The van der Waals surface area contributed by atoms with Crippen molar-refractivity contribution in [3.05, 3.63) is 89.5 Å². The first-order chi connectivity index (χ1) is 18.6. The molecule has 0 saturated carbocycles. The average molecular weight is 610 g/mol. The SMILES string of the molecule is CC(=O)Nc1ccc(SCC2CC(c3ccc(CO)cc3)OC(c3ccc(NC(=O)C(Cl)(Cl)Cl)cc3)O2)cc1. The second-order valence-corrected chi connectivity index (χ2v) is 12.3. The minimum absolute atomic E-state index is 0.0291. The second-order valence-electron chi connectivity index (χ2n) is 8.94. The zero-order valence-corrected chi connectivity index (χ0v) is 24.0. The van der Waals surface area contributed by atoms with E-state index < -0.39 is 16.0 Å². The van der Waals surface area contributed by atoms with Gasteiger partial charge in [0.25, 0.3) is 9.70 Å². The number of anilines is 2. The van der Waals surface area contributed by atoms with Crippen LogP contribution in [0.1, 0.15) is 42.4 Å². The molecule has 206 valence electrons. The maximum absolute atomic E-state index is 12.0. The van der Waals surface area contributed by atoms with Gasteiger partial charge in [0.15, 0.2) is 6.29 Å². The molecule has 1 fully saturated rings. The Morgan fingerprint density at radius 3 is 2.08 bits per heavy atom. The van der Waals surface area contributed by atoms with Gasteiger partial charge in [-0.05, 0) is 47.5 Å². The van der Waals surface area contributed by atoms with Crippen LogP contribution in [0, 0.1) is 0 Å². The summed E-state index contributed by atoms with van der Waals surface area (Å²) >= 11 is 18.6. The molecule has 1 heterocycles. The highest BCUT2D eigenvalue weighted by Gasteiger charge is 2.33. The Morgan fingerprint density at radius 1 is 0.897 bits per heavy atom. The molecule has 0 aliphatic carbocycles. The summed E-state index contributed by atoms with van der Waals surface area (Å²) in [4.78, 5) is 24.3. The van der Waals surface area contributed by atoms with Crippen molar-refractivity contribution in [2.24, 2.45) is 0 Å². The Kier molecular flexibility index (Phi) is 10.2. The molecule has 0 aromatic heterocycles. The number of aliphatic hydroxyl groups excluding tert-OH is 1. The Morgan fingerprint density at radius 2 is 1.49 bits per heavy atom. The molecule has 3 aromatic rings. The van der Waals surface area contributed by atoms with Crippen molar-refractivity contribution in [1.82, 2.24) is 0 Å². The van der Waals surface area contributed by atoms with E-state index in [2.05, 4.69) is 10.6 Å². The van der Waals surface area contributed by atoms with E-state index in [0.717, 1.165) is 27.3 Å². The molecular formula is C28H27Cl3N2O5S. The van der Waals surface area contributed by atoms with Gasteiger partial charge in [-0.15, -0.1) is 11.8 Å². The maximum Gasteiger partial charge on any atom is 0.276 e. The lowest BCUT2D eigenvalue weighted by Crippen LogP contribution is -2.31. The van der Waals surface area contributed by atoms with Gasteiger partial charge in [-0.1, -0.05) is 71.2 Å². The van der Waals surface area contributed by atoms with Crippen molar-refractivity contribution in [2.45, 2.75) is 47.1 Å². The number of alkyl halides is 3. The highest BCUT2D eigenvalue weighted by Crippen LogP contribution is 2.40. The van der Waals surface area contributed by atoms with Crippen molar-refractivity contribution >= 4 is 69.8 Å². The van der Waals surface area contributed by atoms with Gasteiger partial charge in [0.2, 0.25) is 5.91 Å². The number of halogens is 3. The van der Waals surface area contributed by atoms with Gasteiger partial charge in [0.05, 0.1) is 18.8 Å². The van der Waals surface area contributed by atoms with E-state index in [1.807, 2.05) is 48.5 Å². The first kappa shape index (κ1) is 29.7. The highest BCUT2D eigenvalue weighted by atomic mass is 35.6. The molecule has 2 amide bonds. The predicted octanol–water partition coefficient (Wildman–Crippen LogP) is 6.78. The predicted molar refractivity (Wildman–Crippen MR) is 155 cm³/mol. The molecule has 0 radical (unpaired) electrons. The lowest BCUT2D eigenvalue weighted by Gasteiger charge is -2.36. The van der Waals surface area contributed by atoms with Crippen LogP contribution in [-0.4, -0.2) is 32.6 Å². The molecule has 1 saturated heterocycles. The van der Waals surface area contributed by atoms with E-state index in [0.29, 0.717) is 17.9 Å². The fourth-order valence-electron chi connectivity index (χ4n) is 3.98. The Labute approximate surface area is 246 Å². The standard InChI is InChI=1S/C28H27Cl3N2O5S/c1-17(35)32-21-10-12-24(13-11-21)39-16-23-14-25(19-4-2-18(15-34)3-5-19)38-26(37-23)20-6-8-22(9-7-20)33-27(36)28(29,30)31/h2-13,23,25-26,34H,14-16H2,1H3,(H,32,35)(H,33,36). The first-order valence-corrected chi connectivity index (χ1v) is 14.2. The Hall–Kier alpha value is -2.30. The number of benzene rings is 3. The molecular weight excluding hydrogens is 583 g/mol. The number of carbonyl (C=O) groups is 2. The van der Waals surface area contributed by atoms with Gasteiger partial charge in [-0.2, -0.15) is 0 Å². The quantitative estimate of drug-likeness (QED) is 0.192.